The van der Waals surface area contributed by atoms with Crippen molar-refractivity contribution in [3.8, 4) is 74.6 Å². The van der Waals surface area contributed by atoms with Crippen molar-refractivity contribution in [3.05, 3.63) is 215 Å². The maximum Gasteiger partial charge on any atom is 0.164 e. The third-order valence-corrected chi connectivity index (χ3v) is 12.2. The molecule has 282 valence electrons. The monoisotopic (exact) mass is 778 g/mol. The van der Waals surface area contributed by atoms with E-state index in [1.54, 1.807) is 12.1 Å². The van der Waals surface area contributed by atoms with Crippen LogP contribution in [0.1, 0.15) is 33.4 Å². The summed E-state index contributed by atoms with van der Waals surface area (Å²) in [5.41, 5.74) is 11.2. The van der Waals surface area contributed by atoms with E-state index < -0.39 is 5.41 Å². The first-order valence-corrected chi connectivity index (χ1v) is 20.1. The van der Waals surface area contributed by atoms with Crippen molar-refractivity contribution >= 4 is 21.8 Å². The zero-order valence-corrected chi connectivity index (χ0v) is 32.4. The summed E-state index contributed by atoms with van der Waals surface area (Å²) in [4.78, 5) is 14.7. The van der Waals surface area contributed by atoms with E-state index in [0.717, 1.165) is 72.2 Å². The van der Waals surface area contributed by atoms with Gasteiger partial charge in [0.1, 0.15) is 23.6 Å². The van der Waals surface area contributed by atoms with E-state index >= 15 is 0 Å². The molecule has 1 spiro atoms. The standard InChI is InChI=1S/C54H30N6O/c55-31-36-29-35(53-58-51(33-15-3-1-4-16-33)57-52(59-53)34-17-5-2-6-18-34)30-37(32-56)50(36)60-44-24-12-8-20-39(44)49-45(60)28-27-43-48(49)38-19-7-9-21-40(38)54(43)41-22-10-13-25-46(41)61-47-26-14-11-23-42(47)54/h1-30H. The Balaban J connectivity index is 1.13. The summed E-state index contributed by atoms with van der Waals surface area (Å²) >= 11 is 0. The third kappa shape index (κ3) is 4.86. The third-order valence-electron chi connectivity index (χ3n) is 12.2. The molecule has 1 aliphatic carbocycles. The van der Waals surface area contributed by atoms with Gasteiger partial charge in [0.25, 0.3) is 0 Å². The van der Waals surface area contributed by atoms with Gasteiger partial charge in [-0.2, -0.15) is 10.5 Å². The van der Waals surface area contributed by atoms with Crippen LogP contribution in [-0.2, 0) is 5.41 Å². The van der Waals surface area contributed by atoms with Crippen LogP contribution < -0.4 is 4.74 Å². The van der Waals surface area contributed by atoms with Crippen molar-refractivity contribution in [2.24, 2.45) is 0 Å². The highest BCUT2D eigenvalue weighted by atomic mass is 16.5. The van der Waals surface area contributed by atoms with E-state index in [-0.39, 0.29) is 0 Å². The second kappa shape index (κ2) is 13.2. The molecule has 0 saturated carbocycles. The minimum atomic E-state index is -0.645. The average molecular weight is 779 g/mol. The van der Waals surface area contributed by atoms with Gasteiger partial charge in [-0.05, 0) is 58.7 Å². The highest BCUT2D eigenvalue weighted by Crippen LogP contribution is 2.63. The van der Waals surface area contributed by atoms with Crippen LogP contribution in [0.5, 0.6) is 11.5 Å². The van der Waals surface area contributed by atoms with Crippen molar-refractivity contribution in [2.75, 3.05) is 0 Å². The first-order chi connectivity index (χ1) is 30.2. The van der Waals surface area contributed by atoms with Gasteiger partial charge >= 0.3 is 0 Å². The molecule has 3 heterocycles. The fourth-order valence-electron chi connectivity index (χ4n) is 9.75. The predicted molar refractivity (Wildman–Crippen MR) is 237 cm³/mol. The molecule has 0 fully saturated rings. The maximum absolute atomic E-state index is 11.0. The fourth-order valence-corrected chi connectivity index (χ4v) is 9.75. The van der Waals surface area contributed by atoms with E-state index in [1.165, 1.54) is 5.56 Å². The van der Waals surface area contributed by atoms with Crippen molar-refractivity contribution < 1.29 is 4.74 Å². The molecule has 0 unspecified atom stereocenters. The molecule has 2 aromatic heterocycles. The molecule has 61 heavy (non-hydrogen) atoms. The van der Waals surface area contributed by atoms with Crippen LogP contribution in [0.4, 0.5) is 0 Å². The van der Waals surface area contributed by atoms with Crippen LogP contribution in [0.25, 0.3) is 72.8 Å². The molecule has 1 aliphatic heterocycles. The van der Waals surface area contributed by atoms with Crippen LogP contribution >= 0.6 is 0 Å². The normalized spacial score (nSPS) is 12.8. The van der Waals surface area contributed by atoms with E-state index in [2.05, 4.69) is 108 Å². The molecule has 0 bridgehead atoms. The topological polar surface area (TPSA) is 100 Å². The van der Waals surface area contributed by atoms with E-state index in [1.807, 2.05) is 78.9 Å². The Hall–Kier alpha value is -8.65. The van der Waals surface area contributed by atoms with Crippen LogP contribution in [0.3, 0.4) is 0 Å². The molecule has 0 radical (unpaired) electrons. The SMILES string of the molecule is N#Cc1cc(-c2nc(-c3ccccc3)nc(-c3ccccc3)n2)cc(C#N)c1-n1c2ccccc2c2c3c(ccc21)C1(c2ccccc2Oc2ccccc21)c1ccccc1-3. The Morgan fingerprint density at radius 2 is 0.967 bits per heavy atom. The van der Waals surface area contributed by atoms with Crippen LogP contribution in [0.2, 0.25) is 0 Å². The predicted octanol–water partition coefficient (Wildman–Crippen LogP) is 12.2. The summed E-state index contributed by atoms with van der Waals surface area (Å²) in [5, 5.41) is 24.1. The van der Waals surface area contributed by atoms with Gasteiger partial charge in [-0.1, -0.05) is 146 Å². The van der Waals surface area contributed by atoms with Gasteiger partial charge in [0.2, 0.25) is 0 Å². The van der Waals surface area contributed by atoms with Gasteiger partial charge in [0.15, 0.2) is 17.5 Å². The van der Waals surface area contributed by atoms with Crippen molar-refractivity contribution in [1.82, 2.24) is 19.5 Å². The number of rotatable bonds is 4. The molecule has 0 saturated heterocycles. The van der Waals surface area contributed by atoms with E-state index in [4.69, 9.17) is 19.7 Å². The number of ether oxygens (including phenoxy) is 1. The van der Waals surface area contributed by atoms with Gasteiger partial charge in [-0.15, -0.1) is 0 Å². The minimum Gasteiger partial charge on any atom is -0.457 e. The van der Waals surface area contributed by atoms with E-state index in [0.29, 0.717) is 39.9 Å². The number of hydrogen-bond acceptors (Lipinski definition) is 6. The Bertz CT molecular complexity index is 3400. The lowest BCUT2D eigenvalue weighted by atomic mass is 9.66. The number of hydrogen-bond donors (Lipinski definition) is 0. The molecule has 10 aromatic rings. The lowest BCUT2D eigenvalue weighted by Crippen LogP contribution is -2.32. The lowest BCUT2D eigenvalue weighted by molar-refractivity contribution is 0.436. The molecule has 12 rings (SSSR count). The van der Waals surface area contributed by atoms with E-state index in [9.17, 15) is 10.5 Å². The highest BCUT2D eigenvalue weighted by molar-refractivity contribution is 6.18. The second-order valence-corrected chi connectivity index (χ2v) is 15.3. The first kappa shape index (κ1) is 34.4. The number of aromatic nitrogens is 4. The molecule has 0 N–H and O–H groups in total. The molecule has 7 nitrogen and oxygen atoms in total. The number of nitriles is 2. The zero-order chi connectivity index (χ0) is 40.7. The Morgan fingerprint density at radius 3 is 1.57 bits per heavy atom. The lowest BCUT2D eigenvalue weighted by Gasteiger charge is -2.39. The number of fused-ring (bicyclic) bond motifs is 13. The summed E-state index contributed by atoms with van der Waals surface area (Å²) in [7, 11) is 0. The highest BCUT2D eigenvalue weighted by Gasteiger charge is 2.51. The van der Waals surface area contributed by atoms with Gasteiger partial charge in [-0.25, -0.2) is 15.0 Å². The minimum absolute atomic E-state index is 0.323. The van der Waals surface area contributed by atoms with Crippen molar-refractivity contribution in [2.45, 2.75) is 5.41 Å². The summed E-state index contributed by atoms with van der Waals surface area (Å²) in [6.07, 6.45) is 0. The van der Waals surface area contributed by atoms with Crippen LogP contribution in [0.15, 0.2) is 182 Å². The smallest absolute Gasteiger partial charge is 0.164 e. The van der Waals surface area contributed by atoms with Gasteiger partial charge in [-0.3, -0.25) is 0 Å². The quantitative estimate of drug-likeness (QED) is 0.176. The molecule has 8 aromatic carbocycles. The zero-order valence-electron chi connectivity index (χ0n) is 32.4. The summed E-state index contributed by atoms with van der Waals surface area (Å²) < 4.78 is 8.67. The summed E-state index contributed by atoms with van der Waals surface area (Å²) in [5.74, 6) is 3.01. The van der Waals surface area contributed by atoms with Gasteiger partial charge < -0.3 is 9.30 Å². The average Bonchev–Trinajstić information content (AvgIpc) is 3.82. The van der Waals surface area contributed by atoms with Crippen molar-refractivity contribution in [3.63, 3.8) is 0 Å². The number of para-hydroxylation sites is 3. The molecule has 0 amide bonds. The summed E-state index contributed by atoms with van der Waals surface area (Å²) in [6, 6.07) is 66.0. The van der Waals surface area contributed by atoms with Gasteiger partial charge in [0.05, 0.1) is 33.3 Å². The van der Waals surface area contributed by atoms with Crippen LogP contribution in [0, 0.1) is 22.7 Å². The molecular formula is C54H30N6O. The Kier molecular flexibility index (Phi) is 7.44. The molecule has 0 atom stereocenters. The Morgan fingerprint density at radius 1 is 0.459 bits per heavy atom. The number of benzene rings is 8. The fraction of sp³-hybridized carbons (Fsp3) is 0.0185. The van der Waals surface area contributed by atoms with Crippen molar-refractivity contribution in [1.29, 1.82) is 10.5 Å². The maximum atomic E-state index is 11.0. The van der Waals surface area contributed by atoms with Gasteiger partial charge in [0, 0.05) is 38.6 Å². The molecule has 7 heteroatoms. The number of nitrogens with zero attached hydrogens (tertiary/aromatic N) is 6. The molecular weight excluding hydrogens is 749 g/mol. The summed E-state index contributed by atoms with van der Waals surface area (Å²) in [6.45, 7) is 0. The Labute approximate surface area is 350 Å². The van der Waals surface area contributed by atoms with Crippen LogP contribution in [-0.4, -0.2) is 19.5 Å². The first-order valence-electron chi connectivity index (χ1n) is 20.1. The molecule has 2 aliphatic rings. The largest absolute Gasteiger partial charge is 0.457 e. The second-order valence-electron chi connectivity index (χ2n) is 15.3.